The first kappa shape index (κ1) is 23.6. The van der Waals surface area contributed by atoms with E-state index in [9.17, 15) is 15.0 Å². The molecule has 36 heavy (non-hydrogen) atoms. The number of hydrogen-bond acceptors (Lipinski definition) is 11. The predicted molar refractivity (Wildman–Crippen MR) is 131 cm³/mol. The lowest BCUT2D eigenvalue weighted by Crippen LogP contribution is -2.41. The van der Waals surface area contributed by atoms with Crippen molar-refractivity contribution in [1.29, 1.82) is 0 Å². The van der Waals surface area contributed by atoms with Crippen LogP contribution in [0.15, 0.2) is 31.3 Å². The van der Waals surface area contributed by atoms with E-state index in [4.69, 9.17) is 10.5 Å². The molecule has 1 aliphatic heterocycles. The predicted octanol–water partition coefficient (Wildman–Crippen LogP) is -0.395. The summed E-state index contributed by atoms with van der Waals surface area (Å²) >= 11 is 0. The lowest BCUT2D eigenvalue weighted by Gasteiger charge is -2.33. The van der Waals surface area contributed by atoms with Crippen molar-refractivity contribution in [3.8, 4) is 0 Å². The van der Waals surface area contributed by atoms with Gasteiger partial charge in [0, 0.05) is 30.9 Å². The minimum atomic E-state index is -0.810. The van der Waals surface area contributed by atoms with Gasteiger partial charge >= 0.3 is 0 Å². The smallest absolute Gasteiger partial charge is 0.244 e. The molecule has 0 radical (unpaired) electrons. The summed E-state index contributed by atoms with van der Waals surface area (Å²) in [5.74, 6) is 0.572. The van der Waals surface area contributed by atoms with Crippen LogP contribution in [0.1, 0.15) is 18.0 Å². The number of hydrogen-bond donors (Lipinski definition) is 6. The molecule has 0 bridgehead atoms. The number of aliphatic hydroxyl groups is 2. The number of anilines is 2. The number of nitrogens with zero attached hydrogens (tertiary/aromatic N) is 6. The SMILES string of the molecule is Nc1ncnc2c1c(/C=C/C(=O)NCCNc1ncnc3[nH]cnc13)cn2[C@@H]1CO[C@H](CO)C(O)C1. The van der Waals surface area contributed by atoms with E-state index in [1.54, 1.807) is 12.4 Å². The van der Waals surface area contributed by atoms with Crippen LogP contribution in [0, 0.1) is 0 Å². The van der Waals surface area contributed by atoms with E-state index in [0.29, 0.717) is 59.7 Å². The van der Waals surface area contributed by atoms with E-state index in [2.05, 4.69) is 40.5 Å². The van der Waals surface area contributed by atoms with Crippen LogP contribution >= 0.6 is 0 Å². The summed E-state index contributed by atoms with van der Waals surface area (Å²) < 4.78 is 7.47. The van der Waals surface area contributed by atoms with Gasteiger partial charge in [0.2, 0.25) is 5.91 Å². The molecule has 4 aromatic rings. The fraction of sp³-hybridized carbons (Fsp3) is 0.364. The Balaban J connectivity index is 1.24. The van der Waals surface area contributed by atoms with Gasteiger partial charge in [0.1, 0.15) is 35.7 Å². The van der Waals surface area contributed by atoms with Crippen molar-refractivity contribution in [2.45, 2.75) is 24.7 Å². The number of nitrogens with one attached hydrogen (secondary N) is 3. The molecule has 0 aromatic carbocycles. The van der Waals surface area contributed by atoms with E-state index >= 15 is 0 Å². The molecule has 14 nitrogen and oxygen atoms in total. The maximum atomic E-state index is 12.4. The summed E-state index contributed by atoms with van der Waals surface area (Å²) in [5, 5.41) is 26.2. The third kappa shape index (κ3) is 4.68. The Morgan fingerprint density at radius 2 is 2.11 bits per heavy atom. The fourth-order valence-corrected chi connectivity index (χ4v) is 4.24. The second kappa shape index (κ2) is 10.2. The largest absolute Gasteiger partial charge is 0.394 e. The molecule has 1 amide bonds. The number of carbonyl (C=O) groups is 1. The van der Waals surface area contributed by atoms with E-state index in [-0.39, 0.29) is 24.4 Å². The molecule has 4 aromatic heterocycles. The molecular formula is C22H26N10O4. The van der Waals surface area contributed by atoms with Crippen molar-refractivity contribution in [3.63, 3.8) is 0 Å². The van der Waals surface area contributed by atoms with E-state index < -0.39 is 12.2 Å². The number of nitrogens with two attached hydrogens (primary N) is 1. The summed E-state index contributed by atoms with van der Waals surface area (Å²) in [6.45, 7) is 0.844. The number of rotatable bonds is 8. The highest BCUT2D eigenvalue weighted by Gasteiger charge is 2.31. The van der Waals surface area contributed by atoms with E-state index in [0.717, 1.165) is 0 Å². The highest BCUT2D eigenvalue weighted by atomic mass is 16.5. The first-order valence-electron chi connectivity index (χ1n) is 11.4. The normalized spacial score (nSPS) is 20.3. The van der Waals surface area contributed by atoms with Gasteiger partial charge in [0.25, 0.3) is 0 Å². The molecule has 5 heterocycles. The zero-order valence-corrected chi connectivity index (χ0v) is 19.2. The molecule has 3 atom stereocenters. The fourth-order valence-electron chi connectivity index (χ4n) is 4.24. The second-order valence-electron chi connectivity index (χ2n) is 8.33. The third-order valence-corrected chi connectivity index (χ3v) is 6.03. The molecule has 188 valence electrons. The monoisotopic (exact) mass is 494 g/mol. The molecule has 1 saturated heterocycles. The molecular weight excluding hydrogens is 468 g/mol. The highest BCUT2D eigenvalue weighted by Crippen LogP contribution is 2.32. The number of carbonyl (C=O) groups excluding carboxylic acids is 1. The van der Waals surface area contributed by atoms with Crippen LogP contribution in [-0.2, 0) is 9.53 Å². The number of nitrogen functional groups attached to an aromatic ring is 1. The van der Waals surface area contributed by atoms with Crippen LogP contribution in [0.25, 0.3) is 28.3 Å². The van der Waals surface area contributed by atoms with Crippen molar-refractivity contribution in [1.82, 2.24) is 39.8 Å². The summed E-state index contributed by atoms with van der Waals surface area (Å²) in [5.41, 5.74) is 8.62. The van der Waals surface area contributed by atoms with Crippen LogP contribution in [0.3, 0.4) is 0 Å². The Morgan fingerprint density at radius 3 is 2.94 bits per heavy atom. The Kier molecular flexibility index (Phi) is 6.71. The van der Waals surface area contributed by atoms with Gasteiger partial charge in [-0.3, -0.25) is 4.79 Å². The first-order valence-corrected chi connectivity index (χ1v) is 11.4. The number of ether oxygens (including phenoxy) is 1. The molecule has 0 saturated carbocycles. The lowest BCUT2D eigenvalue weighted by atomic mass is 10.0. The summed E-state index contributed by atoms with van der Waals surface area (Å²) in [6.07, 6.45) is 8.17. The molecule has 1 aliphatic rings. The standard InChI is InChI=1S/C22H26N10O4/c23-19-17-12(6-32(22(17)31-10-27-19)13-5-14(34)15(7-33)36-8-13)1-2-16(35)24-3-4-25-20-18-21(28-9-26-18)30-11-29-20/h1-2,6,9-11,13-15,33-34H,3-5,7-8H2,(H,24,35)(H2,23,27,31)(H2,25,26,28,29,30)/b2-1+/t13-,14?,15+/m0/s1. The number of H-pyrrole nitrogens is 1. The van der Waals surface area contributed by atoms with Gasteiger partial charge in [0.05, 0.1) is 37.1 Å². The molecule has 5 rings (SSSR count). The van der Waals surface area contributed by atoms with Gasteiger partial charge in [-0.1, -0.05) is 0 Å². The van der Waals surface area contributed by atoms with Gasteiger partial charge in [0.15, 0.2) is 11.5 Å². The number of imidazole rings is 1. The van der Waals surface area contributed by atoms with Gasteiger partial charge in [-0.05, 0) is 12.5 Å². The Hall–Kier alpha value is -4.14. The van der Waals surface area contributed by atoms with Crippen molar-refractivity contribution in [3.05, 3.63) is 36.8 Å². The zero-order chi connectivity index (χ0) is 25.1. The Bertz CT molecular complexity index is 1400. The van der Waals surface area contributed by atoms with Crippen molar-refractivity contribution < 1.29 is 19.7 Å². The van der Waals surface area contributed by atoms with Crippen LogP contribution < -0.4 is 16.4 Å². The number of aromatic nitrogens is 7. The van der Waals surface area contributed by atoms with Crippen LogP contribution in [-0.4, -0.2) is 89.1 Å². The number of amides is 1. The lowest BCUT2D eigenvalue weighted by molar-refractivity contribution is -0.116. The quantitative estimate of drug-likeness (QED) is 0.137. The van der Waals surface area contributed by atoms with Gasteiger partial charge < -0.3 is 40.9 Å². The minimum Gasteiger partial charge on any atom is -0.394 e. The van der Waals surface area contributed by atoms with Crippen molar-refractivity contribution in [2.24, 2.45) is 0 Å². The maximum absolute atomic E-state index is 12.4. The minimum absolute atomic E-state index is 0.218. The van der Waals surface area contributed by atoms with Gasteiger partial charge in [-0.2, -0.15) is 0 Å². The highest BCUT2D eigenvalue weighted by molar-refractivity contribution is 5.99. The molecule has 0 spiro atoms. The average molecular weight is 495 g/mol. The third-order valence-electron chi connectivity index (χ3n) is 6.03. The Morgan fingerprint density at radius 1 is 1.25 bits per heavy atom. The van der Waals surface area contributed by atoms with Crippen molar-refractivity contribution in [2.75, 3.05) is 37.4 Å². The topological polar surface area (TPSA) is 202 Å². The molecule has 0 aliphatic carbocycles. The average Bonchev–Trinajstić information content (AvgIpc) is 3.51. The van der Waals surface area contributed by atoms with Crippen LogP contribution in [0.5, 0.6) is 0 Å². The second-order valence-corrected chi connectivity index (χ2v) is 8.33. The van der Waals surface area contributed by atoms with Crippen LogP contribution in [0.2, 0.25) is 0 Å². The molecule has 7 N–H and O–H groups in total. The van der Waals surface area contributed by atoms with Gasteiger partial charge in [-0.25, -0.2) is 24.9 Å². The van der Waals surface area contributed by atoms with Crippen molar-refractivity contribution >= 4 is 45.8 Å². The number of fused-ring (bicyclic) bond motifs is 2. The zero-order valence-electron chi connectivity index (χ0n) is 19.2. The maximum Gasteiger partial charge on any atom is 0.244 e. The van der Waals surface area contributed by atoms with Crippen LogP contribution in [0.4, 0.5) is 11.6 Å². The summed E-state index contributed by atoms with van der Waals surface area (Å²) in [7, 11) is 0. The van der Waals surface area contributed by atoms with E-state index in [1.165, 1.54) is 18.7 Å². The number of aromatic amines is 1. The first-order chi connectivity index (χ1) is 17.5. The molecule has 1 fully saturated rings. The Labute approximate surface area is 204 Å². The molecule has 14 heteroatoms. The molecule has 1 unspecified atom stereocenters. The van der Waals surface area contributed by atoms with Gasteiger partial charge in [-0.15, -0.1) is 0 Å². The number of aliphatic hydroxyl groups excluding tert-OH is 2. The summed E-state index contributed by atoms with van der Waals surface area (Å²) in [4.78, 5) is 36.2. The van der Waals surface area contributed by atoms with E-state index in [1.807, 2.05) is 10.8 Å². The summed E-state index contributed by atoms with van der Waals surface area (Å²) in [6, 6.07) is -0.218.